The zero-order chi connectivity index (χ0) is 50.8. The van der Waals surface area contributed by atoms with Crippen LogP contribution in [0.5, 0.6) is 11.5 Å². The molecule has 22 nitrogen and oxygen atoms in total. The van der Waals surface area contributed by atoms with E-state index in [-0.39, 0.29) is 73.8 Å². The molecule has 0 unspecified atom stereocenters. The summed E-state index contributed by atoms with van der Waals surface area (Å²) in [7, 11) is 2.91. The normalized spacial score (nSPS) is 11.5. The molecular weight excluding hydrogens is 915 g/mol. The monoisotopic (exact) mass is 973 g/mol. The third-order valence-electron chi connectivity index (χ3n) is 11.5. The zero-order valence-electron chi connectivity index (χ0n) is 40.7. The van der Waals surface area contributed by atoms with Gasteiger partial charge in [0.15, 0.2) is 5.82 Å². The highest BCUT2D eigenvalue weighted by atomic mass is 16.5. The number of carbonyl (C=O) groups excluding carboxylic acids is 5. The maximum atomic E-state index is 14.0. The minimum Gasteiger partial charge on any atom is -0.491 e. The number of primary amides is 2. The van der Waals surface area contributed by atoms with Gasteiger partial charge in [0, 0.05) is 93.8 Å². The maximum absolute atomic E-state index is 14.0. The summed E-state index contributed by atoms with van der Waals surface area (Å²) in [6.45, 7) is 10.2. The number of amides is 4. The van der Waals surface area contributed by atoms with Crippen molar-refractivity contribution in [2.24, 2.45) is 11.5 Å². The predicted molar refractivity (Wildman–Crippen MR) is 264 cm³/mol. The maximum Gasteiger partial charge on any atom is 0.305 e. The van der Waals surface area contributed by atoms with Gasteiger partial charge in [-0.3, -0.25) is 38.7 Å². The molecule has 22 heteroatoms. The van der Waals surface area contributed by atoms with E-state index in [9.17, 15) is 24.0 Å². The summed E-state index contributed by atoms with van der Waals surface area (Å²) in [4.78, 5) is 77.8. The Kier molecular flexibility index (Phi) is 16.4. The van der Waals surface area contributed by atoms with Gasteiger partial charge in [-0.15, -0.1) is 0 Å². The van der Waals surface area contributed by atoms with E-state index in [0.717, 1.165) is 11.4 Å². The number of nitrogens with zero attached hydrogens (tertiary/aromatic N) is 9. The van der Waals surface area contributed by atoms with E-state index in [0.29, 0.717) is 101 Å². The van der Waals surface area contributed by atoms with Crippen molar-refractivity contribution in [3.05, 3.63) is 83.0 Å². The van der Waals surface area contributed by atoms with Crippen LogP contribution >= 0.6 is 0 Å². The van der Waals surface area contributed by atoms with Gasteiger partial charge in [-0.2, -0.15) is 10.2 Å². The number of anilines is 1. The molecule has 0 aliphatic heterocycles. The van der Waals surface area contributed by atoms with Crippen molar-refractivity contribution in [3.8, 4) is 23.0 Å². The summed E-state index contributed by atoms with van der Waals surface area (Å²) in [5.41, 5.74) is 16.6. The van der Waals surface area contributed by atoms with Crippen molar-refractivity contribution >= 4 is 68.5 Å². The summed E-state index contributed by atoms with van der Waals surface area (Å²) in [5.74, 6) is -1.09. The molecule has 5 aromatic heterocycles. The van der Waals surface area contributed by atoms with Crippen LogP contribution in [0.1, 0.15) is 88.5 Å². The second kappa shape index (κ2) is 23.0. The Morgan fingerprint density at radius 3 is 2.07 bits per heavy atom. The van der Waals surface area contributed by atoms with E-state index in [1.807, 2.05) is 48.2 Å². The first-order valence-corrected chi connectivity index (χ1v) is 23.4. The average Bonchev–Trinajstić information content (AvgIpc) is 4.12. The highest BCUT2D eigenvalue weighted by molar-refractivity contribution is 6.12. The first-order valence-electron chi connectivity index (χ1n) is 23.4. The fourth-order valence-electron chi connectivity index (χ4n) is 8.19. The molecule has 0 saturated carbocycles. The number of rotatable bonds is 25. The number of ether oxygens (including phenoxy) is 4. The summed E-state index contributed by atoms with van der Waals surface area (Å²) in [5, 5.41) is 16.2. The second-order valence-electron chi connectivity index (χ2n) is 16.6. The van der Waals surface area contributed by atoms with Crippen molar-refractivity contribution in [2.75, 3.05) is 45.9 Å². The highest BCUT2D eigenvalue weighted by Crippen LogP contribution is 2.37. The van der Waals surface area contributed by atoms with Gasteiger partial charge in [0.2, 0.25) is 23.7 Å². The number of benzene rings is 2. The standard InChI is InChI=1S/C49H59N13O9/c1-7-61-36(22-29(3)57-61)46-53-28-34-33-24-31(44(50)65)26-38(71-21-13-19-68-5)42(33)59(47(34)55-46)17-9-10-18-60-43-35(54-49(60)56-48(67)37-23-30(4)58-62(37)8-2)25-32(45(51)66)27-39(43)70-20-12-16-52-40(63)14-11-15-41(64)69-6/h9-10,22-28H,7-8,11-21H2,1-6H3,(H2,50,65)(H2,51,66)(H,52,63)(H,54,56,67)/b10-9+. The summed E-state index contributed by atoms with van der Waals surface area (Å²) in [6.07, 6.45) is 7.18. The Labute approximate surface area is 408 Å². The van der Waals surface area contributed by atoms with Crippen molar-refractivity contribution in [3.63, 3.8) is 0 Å². The third kappa shape index (κ3) is 11.7. The zero-order valence-corrected chi connectivity index (χ0v) is 40.7. The molecule has 0 aliphatic rings. The van der Waals surface area contributed by atoms with Gasteiger partial charge in [-0.05, 0) is 76.9 Å². The van der Waals surface area contributed by atoms with Gasteiger partial charge in [0.1, 0.15) is 34.1 Å². The van der Waals surface area contributed by atoms with Crippen LogP contribution in [-0.2, 0) is 45.2 Å². The van der Waals surface area contributed by atoms with Crippen LogP contribution in [0.2, 0.25) is 0 Å². The second-order valence-corrected chi connectivity index (χ2v) is 16.6. The number of fused-ring (bicyclic) bond motifs is 4. The van der Waals surface area contributed by atoms with Crippen LogP contribution in [0.4, 0.5) is 5.95 Å². The van der Waals surface area contributed by atoms with Gasteiger partial charge in [-0.1, -0.05) is 12.2 Å². The van der Waals surface area contributed by atoms with E-state index in [4.69, 9.17) is 40.6 Å². The molecule has 71 heavy (non-hydrogen) atoms. The molecule has 7 aromatic rings. The van der Waals surface area contributed by atoms with Crippen LogP contribution in [0.15, 0.2) is 54.7 Å². The lowest BCUT2D eigenvalue weighted by Gasteiger charge is -2.13. The number of methoxy groups -OCH3 is 2. The molecular formula is C49H59N13O9. The number of nitrogens with one attached hydrogen (secondary N) is 2. The minimum atomic E-state index is -0.712. The minimum absolute atomic E-state index is 0.126. The van der Waals surface area contributed by atoms with Gasteiger partial charge < -0.3 is 44.9 Å². The van der Waals surface area contributed by atoms with Crippen LogP contribution in [-0.4, -0.2) is 114 Å². The van der Waals surface area contributed by atoms with E-state index in [1.165, 1.54) is 19.2 Å². The van der Waals surface area contributed by atoms with Crippen LogP contribution < -0.4 is 31.6 Å². The first kappa shape index (κ1) is 50.7. The van der Waals surface area contributed by atoms with Gasteiger partial charge in [-0.25, -0.2) is 15.0 Å². The molecule has 2 aromatic carbocycles. The predicted octanol–water partition coefficient (Wildman–Crippen LogP) is 5.00. The first-order chi connectivity index (χ1) is 34.2. The lowest BCUT2D eigenvalue weighted by molar-refractivity contribution is -0.140. The van der Waals surface area contributed by atoms with Crippen molar-refractivity contribution in [1.82, 2.24) is 49.0 Å². The van der Waals surface area contributed by atoms with Crippen LogP contribution in [0.3, 0.4) is 0 Å². The van der Waals surface area contributed by atoms with E-state index in [1.54, 1.807) is 47.7 Å². The molecule has 0 saturated heterocycles. The number of imidazole rings is 1. The number of aromatic nitrogens is 9. The molecule has 0 radical (unpaired) electrons. The number of nitrogens with two attached hydrogens (primary N) is 2. The number of hydrogen-bond donors (Lipinski definition) is 4. The number of allylic oxidation sites excluding steroid dienone is 2. The SMILES string of the molecule is CCn1nc(C)cc1C(=O)Nc1nc2cc(C(N)=O)cc(OCCCNC(=O)CCCC(=O)OC)c2n1C/C=C/Cn1c2nc(-c3cc(C)nn3CC)ncc2c2cc(C(N)=O)cc(OCCCOC)c21. The smallest absolute Gasteiger partial charge is 0.305 e. The van der Waals surface area contributed by atoms with Crippen LogP contribution in [0, 0.1) is 13.8 Å². The molecule has 4 amide bonds. The number of hydrogen-bond acceptors (Lipinski definition) is 14. The van der Waals surface area contributed by atoms with Crippen LogP contribution in [0.25, 0.3) is 44.5 Å². The molecule has 0 spiro atoms. The Morgan fingerprint density at radius 2 is 1.38 bits per heavy atom. The largest absolute Gasteiger partial charge is 0.491 e. The average molecular weight is 974 g/mol. The number of aryl methyl sites for hydroxylation is 4. The lowest BCUT2D eigenvalue weighted by atomic mass is 10.1. The summed E-state index contributed by atoms with van der Waals surface area (Å²) >= 11 is 0. The molecule has 7 rings (SSSR count). The summed E-state index contributed by atoms with van der Waals surface area (Å²) in [6, 6.07) is 10.0. The van der Waals surface area contributed by atoms with Gasteiger partial charge >= 0.3 is 5.97 Å². The fourth-order valence-corrected chi connectivity index (χ4v) is 8.19. The third-order valence-corrected chi connectivity index (χ3v) is 11.5. The van der Waals surface area contributed by atoms with Crippen molar-refractivity contribution < 1.29 is 42.9 Å². The molecule has 0 bridgehead atoms. The fraction of sp³-hybridized carbons (Fsp3) is 0.388. The Bertz CT molecular complexity index is 3140. The quantitative estimate of drug-likeness (QED) is 0.0333. The number of carbonyl (C=O) groups is 5. The molecule has 374 valence electrons. The van der Waals surface area contributed by atoms with E-state index >= 15 is 0 Å². The Balaban J connectivity index is 1.27. The Morgan fingerprint density at radius 1 is 0.718 bits per heavy atom. The number of esters is 1. The lowest BCUT2D eigenvalue weighted by Crippen LogP contribution is -2.25. The van der Waals surface area contributed by atoms with Gasteiger partial charge in [0.05, 0.1) is 42.7 Å². The van der Waals surface area contributed by atoms with Crippen molar-refractivity contribution in [1.29, 1.82) is 0 Å². The highest BCUT2D eigenvalue weighted by Gasteiger charge is 2.24. The molecule has 0 atom stereocenters. The van der Waals surface area contributed by atoms with E-state index < -0.39 is 17.7 Å². The molecule has 6 N–H and O–H groups in total. The Hall–Kier alpha value is -8.14. The van der Waals surface area contributed by atoms with Crippen molar-refractivity contribution in [2.45, 2.75) is 86.0 Å². The molecule has 0 fully saturated rings. The topological polar surface area (TPSA) is 283 Å². The van der Waals surface area contributed by atoms with E-state index in [2.05, 4.69) is 25.6 Å². The molecule has 0 aliphatic carbocycles. The summed E-state index contributed by atoms with van der Waals surface area (Å²) < 4.78 is 29.7. The van der Waals surface area contributed by atoms with Gasteiger partial charge in [0.25, 0.3) is 5.91 Å². The molecule has 5 heterocycles.